The van der Waals surface area contributed by atoms with Crippen LogP contribution in [0.1, 0.15) is 11.7 Å². The lowest BCUT2D eigenvalue weighted by molar-refractivity contribution is -0.384. The van der Waals surface area contributed by atoms with E-state index in [4.69, 9.17) is 9.84 Å². The molecule has 1 aromatic carbocycles. The Morgan fingerprint density at radius 3 is 2.71 bits per heavy atom. The molecule has 1 saturated heterocycles. The Balaban J connectivity index is 2.04. The number of nitrogens with zero attached hydrogens (tertiary/aromatic N) is 1. The summed E-state index contributed by atoms with van der Waals surface area (Å²) in [6.45, 7) is -0.419. The van der Waals surface area contributed by atoms with E-state index in [0.717, 1.165) is 0 Å². The van der Waals surface area contributed by atoms with Crippen molar-refractivity contribution >= 4 is 16.6 Å². The minimum Gasteiger partial charge on any atom is -0.394 e. The predicted molar refractivity (Wildman–Crippen MR) is 71.7 cm³/mol. The first-order valence-electron chi connectivity index (χ1n) is 6.41. The number of hydrogen-bond donors (Lipinski definition) is 4. The van der Waals surface area contributed by atoms with Gasteiger partial charge in [-0.2, -0.15) is 0 Å². The molecule has 1 aromatic heterocycles. The monoisotopic (exact) mass is 294 g/mol. The number of non-ortho nitro benzene ring substituents is 1. The smallest absolute Gasteiger partial charge is 0.270 e. The van der Waals surface area contributed by atoms with Gasteiger partial charge < -0.3 is 25.0 Å². The van der Waals surface area contributed by atoms with Gasteiger partial charge in [-0.25, -0.2) is 0 Å². The number of aromatic amines is 1. The predicted octanol–water partition coefficient (Wildman–Crippen LogP) is 0.230. The number of nitro benzene ring substituents is 1. The molecule has 0 spiro atoms. The normalized spacial score (nSPS) is 29.1. The molecule has 0 radical (unpaired) electrons. The van der Waals surface area contributed by atoms with Crippen molar-refractivity contribution in [3.63, 3.8) is 0 Å². The van der Waals surface area contributed by atoms with Crippen LogP contribution in [0.25, 0.3) is 10.9 Å². The fraction of sp³-hybridized carbons (Fsp3) is 0.385. The van der Waals surface area contributed by atoms with E-state index in [-0.39, 0.29) is 5.69 Å². The van der Waals surface area contributed by atoms with Gasteiger partial charge in [0.1, 0.15) is 24.4 Å². The lowest BCUT2D eigenvalue weighted by Gasteiger charge is -2.13. The maximum Gasteiger partial charge on any atom is 0.270 e. The first kappa shape index (κ1) is 14.0. The van der Waals surface area contributed by atoms with Gasteiger partial charge in [-0.15, -0.1) is 0 Å². The van der Waals surface area contributed by atoms with E-state index in [9.17, 15) is 20.3 Å². The van der Waals surface area contributed by atoms with E-state index in [2.05, 4.69) is 4.98 Å². The van der Waals surface area contributed by atoms with E-state index >= 15 is 0 Å². The topological polar surface area (TPSA) is 129 Å². The van der Waals surface area contributed by atoms with Gasteiger partial charge in [0.2, 0.25) is 0 Å². The second-order valence-electron chi connectivity index (χ2n) is 4.99. The molecular formula is C13H14N2O6. The molecule has 0 saturated carbocycles. The zero-order chi connectivity index (χ0) is 15.1. The fourth-order valence-electron chi connectivity index (χ4n) is 2.64. The Labute approximate surface area is 118 Å². The average Bonchev–Trinajstić information content (AvgIpc) is 3.01. The number of nitro groups is 1. The summed E-state index contributed by atoms with van der Waals surface area (Å²) < 4.78 is 5.45. The van der Waals surface area contributed by atoms with Gasteiger partial charge in [0.15, 0.2) is 0 Å². The highest BCUT2D eigenvalue weighted by Gasteiger charge is 2.43. The second kappa shape index (κ2) is 5.08. The van der Waals surface area contributed by atoms with Gasteiger partial charge in [0.05, 0.1) is 11.5 Å². The zero-order valence-corrected chi connectivity index (χ0v) is 10.8. The van der Waals surface area contributed by atoms with Crippen LogP contribution in [0.3, 0.4) is 0 Å². The van der Waals surface area contributed by atoms with Gasteiger partial charge in [-0.3, -0.25) is 10.1 Å². The van der Waals surface area contributed by atoms with Crippen molar-refractivity contribution in [1.82, 2.24) is 4.98 Å². The molecule has 112 valence electrons. The lowest BCUT2D eigenvalue weighted by atomic mass is 10.0. The third kappa shape index (κ3) is 2.18. The molecule has 2 aromatic rings. The molecule has 4 atom stereocenters. The largest absolute Gasteiger partial charge is 0.394 e. The number of aromatic nitrogens is 1. The van der Waals surface area contributed by atoms with Crippen LogP contribution in [0, 0.1) is 10.1 Å². The first-order chi connectivity index (χ1) is 10.0. The maximum absolute atomic E-state index is 10.9. The summed E-state index contributed by atoms with van der Waals surface area (Å²) in [7, 11) is 0. The SMILES string of the molecule is O=[N+]([O-])c1ccc2[nH]cc(C3O[C@H](CO)[C@@H](O)[C@H]3O)c2c1. The number of fused-ring (bicyclic) bond motifs is 1. The molecule has 0 aliphatic carbocycles. The number of ether oxygens (including phenoxy) is 1. The molecule has 1 aliphatic rings. The quantitative estimate of drug-likeness (QED) is 0.474. The van der Waals surface area contributed by atoms with Crippen LogP contribution in [0.5, 0.6) is 0 Å². The van der Waals surface area contributed by atoms with E-state index in [1.54, 1.807) is 12.3 Å². The molecule has 2 heterocycles. The Hall–Kier alpha value is -2.00. The van der Waals surface area contributed by atoms with E-state index in [1.165, 1.54) is 12.1 Å². The molecule has 4 N–H and O–H groups in total. The van der Waals surface area contributed by atoms with Crippen LogP contribution in [-0.2, 0) is 4.74 Å². The number of H-pyrrole nitrogens is 1. The van der Waals surface area contributed by atoms with Crippen LogP contribution in [0.2, 0.25) is 0 Å². The summed E-state index contributed by atoms with van der Waals surface area (Å²) >= 11 is 0. The van der Waals surface area contributed by atoms with Gasteiger partial charge in [-0.05, 0) is 6.07 Å². The first-order valence-corrected chi connectivity index (χ1v) is 6.41. The third-order valence-electron chi connectivity index (χ3n) is 3.76. The minimum atomic E-state index is -1.21. The Morgan fingerprint density at radius 2 is 2.10 bits per heavy atom. The molecule has 0 amide bonds. The van der Waals surface area contributed by atoms with Crippen molar-refractivity contribution in [2.24, 2.45) is 0 Å². The summed E-state index contributed by atoms with van der Waals surface area (Å²) in [5.74, 6) is 0. The molecule has 21 heavy (non-hydrogen) atoms. The number of aliphatic hydroxyl groups is 3. The lowest BCUT2D eigenvalue weighted by Crippen LogP contribution is -2.32. The highest BCUT2D eigenvalue weighted by atomic mass is 16.6. The van der Waals surface area contributed by atoms with Crippen molar-refractivity contribution in [2.75, 3.05) is 6.61 Å². The number of hydrogen-bond acceptors (Lipinski definition) is 6. The molecule has 1 aliphatic heterocycles. The van der Waals surface area contributed by atoms with Gasteiger partial charge in [-0.1, -0.05) is 0 Å². The summed E-state index contributed by atoms with van der Waals surface area (Å²) in [6, 6.07) is 4.33. The number of rotatable bonds is 3. The molecule has 8 heteroatoms. The summed E-state index contributed by atoms with van der Waals surface area (Å²) in [5.41, 5.74) is 1.10. The number of nitrogens with one attached hydrogen (secondary N) is 1. The zero-order valence-electron chi connectivity index (χ0n) is 10.8. The molecule has 8 nitrogen and oxygen atoms in total. The van der Waals surface area contributed by atoms with Crippen LogP contribution in [0.4, 0.5) is 5.69 Å². The van der Waals surface area contributed by atoms with Crippen LogP contribution in [-0.4, -0.2) is 50.1 Å². The Kier molecular flexibility index (Phi) is 3.38. The summed E-state index contributed by atoms with van der Waals surface area (Å²) in [5, 5.41) is 40.3. The van der Waals surface area contributed by atoms with Crippen molar-refractivity contribution in [3.05, 3.63) is 40.1 Å². The van der Waals surface area contributed by atoms with Crippen molar-refractivity contribution in [2.45, 2.75) is 24.4 Å². The van der Waals surface area contributed by atoms with Gasteiger partial charge in [0.25, 0.3) is 5.69 Å². The van der Waals surface area contributed by atoms with Crippen LogP contribution in [0.15, 0.2) is 24.4 Å². The fourth-order valence-corrected chi connectivity index (χ4v) is 2.64. The Bertz CT molecular complexity index is 684. The van der Waals surface area contributed by atoms with Crippen LogP contribution >= 0.6 is 0 Å². The maximum atomic E-state index is 10.9. The number of benzene rings is 1. The highest BCUT2D eigenvalue weighted by Crippen LogP contribution is 2.37. The molecule has 1 fully saturated rings. The second-order valence-corrected chi connectivity index (χ2v) is 4.99. The highest BCUT2D eigenvalue weighted by molar-refractivity contribution is 5.85. The standard InChI is InChI=1S/C13H14N2O6/c16-5-10-11(17)12(18)13(21-10)8-4-14-9-2-1-6(15(19)20)3-7(8)9/h1-4,10-14,16-18H,5H2/t10-,11-,12-,13?/m1/s1. The molecular weight excluding hydrogens is 280 g/mol. The average molecular weight is 294 g/mol. The molecule has 3 rings (SSSR count). The van der Waals surface area contributed by atoms with Crippen LogP contribution < -0.4 is 0 Å². The number of aliphatic hydroxyl groups excluding tert-OH is 3. The van der Waals surface area contributed by atoms with Gasteiger partial charge in [0, 0.05) is 34.8 Å². The van der Waals surface area contributed by atoms with Crippen molar-refractivity contribution in [3.8, 4) is 0 Å². The summed E-state index contributed by atoms with van der Waals surface area (Å²) in [4.78, 5) is 13.3. The van der Waals surface area contributed by atoms with Crippen molar-refractivity contribution < 1.29 is 25.0 Å². The third-order valence-corrected chi connectivity index (χ3v) is 3.76. The van der Waals surface area contributed by atoms with Gasteiger partial charge >= 0.3 is 0 Å². The minimum absolute atomic E-state index is 0.0740. The summed E-state index contributed by atoms with van der Waals surface area (Å²) in [6.07, 6.45) is -2.57. The molecule has 0 bridgehead atoms. The van der Waals surface area contributed by atoms with E-state index in [0.29, 0.717) is 16.5 Å². The van der Waals surface area contributed by atoms with E-state index < -0.39 is 35.9 Å². The van der Waals surface area contributed by atoms with Crippen molar-refractivity contribution in [1.29, 1.82) is 0 Å². The Morgan fingerprint density at radius 1 is 1.33 bits per heavy atom. The molecule has 1 unspecified atom stereocenters. The van der Waals surface area contributed by atoms with E-state index in [1.807, 2.05) is 0 Å².